The summed E-state index contributed by atoms with van der Waals surface area (Å²) in [7, 11) is 0. The van der Waals surface area contributed by atoms with E-state index in [2.05, 4.69) is 26.8 Å². The molecule has 0 aliphatic carbocycles. The highest BCUT2D eigenvalue weighted by Gasteiger charge is 2.07. The van der Waals surface area contributed by atoms with Gasteiger partial charge in [-0.2, -0.15) is 0 Å². The molecule has 0 unspecified atom stereocenters. The summed E-state index contributed by atoms with van der Waals surface area (Å²) in [6.07, 6.45) is 2.73. The average molecular weight is 414 g/mol. The number of nitrogens with one attached hydrogen (secondary N) is 2. The third-order valence-electron chi connectivity index (χ3n) is 2.74. The van der Waals surface area contributed by atoms with E-state index in [4.69, 9.17) is 20.8 Å². The van der Waals surface area contributed by atoms with E-state index >= 15 is 0 Å². The van der Waals surface area contributed by atoms with Crippen LogP contribution in [-0.4, -0.2) is 18.4 Å². The summed E-state index contributed by atoms with van der Waals surface area (Å²) in [5, 5.41) is 0.373. The van der Waals surface area contributed by atoms with Crippen molar-refractivity contribution in [2.45, 2.75) is 6.92 Å². The van der Waals surface area contributed by atoms with Crippen molar-refractivity contribution < 1.29 is 18.7 Å². The third kappa shape index (κ3) is 5.75. The topological polar surface area (TPSA) is 80.6 Å². The fourth-order valence-electron chi connectivity index (χ4n) is 1.65. The fourth-order valence-corrected chi connectivity index (χ4v) is 2.37. The van der Waals surface area contributed by atoms with E-state index in [0.717, 1.165) is 10.2 Å². The molecule has 8 heteroatoms. The second-order valence-electron chi connectivity index (χ2n) is 4.68. The Hall–Kier alpha value is -2.25. The van der Waals surface area contributed by atoms with Gasteiger partial charge in [0, 0.05) is 10.5 Å². The van der Waals surface area contributed by atoms with Crippen molar-refractivity contribution in [2.24, 2.45) is 0 Å². The van der Waals surface area contributed by atoms with E-state index in [0.29, 0.717) is 16.5 Å². The van der Waals surface area contributed by atoms with Gasteiger partial charge >= 0.3 is 0 Å². The molecule has 2 rings (SSSR count). The van der Waals surface area contributed by atoms with Crippen molar-refractivity contribution in [2.75, 3.05) is 6.61 Å². The quantitative estimate of drug-likeness (QED) is 0.582. The molecule has 0 saturated carbocycles. The maximum absolute atomic E-state index is 11.6. The molecular formula is C16H14BrClN2O4. The van der Waals surface area contributed by atoms with Crippen LogP contribution in [0.15, 0.2) is 45.3 Å². The lowest BCUT2D eigenvalue weighted by Crippen LogP contribution is -2.43. The Morgan fingerprint density at radius 3 is 2.75 bits per heavy atom. The Kier molecular flexibility index (Phi) is 6.45. The van der Waals surface area contributed by atoms with Crippen molar-refractivity contribution in [1.82, 2.24) is 10.9 Å². The molecule has 0 bridgehead atoms. The molecule has 0 aliphatic heterocycles. The Labute approximate surface area is 151 Å². The molecule has 126 valence electrons. The number of ether oxygens (including phenoxy) is 1. The minimum absolute atomic E-state index is 0.289. The number of amides is 2. The number of aryl methyl sites for hydroxylation is 1. The van der Waals surface area contributed by atoms with Gasteiger partial charge in [0.1, 0.15) is 17.3 Å². The molecule has 0 spiro atoms. The standard InChI is InChI=1S/C16H14BrClN2O4/c1-10-2-4-12(24-10)5-7-15(21)19-20-16(22)9-23-14-6-3-11(17)8-13(14)18/h2-8H,9H2,1H3,(H,19,21)(H,20,22)/b7-5+. The van der Waals surface area contributed by atoms with Crippen LogP contribution in [-0.2, 0) is 9.59 Å². The molecule has 6 nitrogen and oxygen atoms in total. The second kappa shape index (κ2) is 8.56. The third-order valence-corrected chi connectivity index (χ3v) is 3.53. The van der Waals surface area contributed by atoms with E-state index in [-0.39, 0.29) is 6.61 Å². The summed E-state index contributed by atoms with van der Waals surface area (Å²) in [5.74, 6) is 0.632. The van der Waals surface area contributed by atoms with Gasteiger partial charge in [-0.15, -0.1) is 0 Å². The smallest absolute Gasteiger partial charge is 0.276 e. The van der Waals surface area contributed by atoms with Gasteiger partial charge in [0.05, 0.1) is 5.02 Å². The van der Waals surface area contributed by atoms with Gasteiger partial charge in [0.2, 0.25) is 0 Å². The summed E-state index contributed by atoms with van der Waals surface area (Å²) >= 11 is 9.24. The van der Waals surface area contributed by atoms with Gasteiger partial charge < -0.3 is 9.15 Å². The van der Waals surface area contributed by atoms with Crippen LogP contribution in [0.5, 0.6) is 5.75 Å². The summed E-state index contributed by atoms with van der Waals surface area (Å²) in [6.45, 7) is 1.51. The Bertz CT molecular complexity index is 773. The van der Waals surface area contributed by atoms with E-state index in [1.54, 1.807) is 37.3 Å². The molecule has 0 radical (unpaired) electrons. The first-order valence-corrected chi connectivity index (χ1v) is 8.02. The Morgan fingerprint density at radius 2 is 2.08 bits per heavy atom. The summed E-state index contributed by atoms with van der Waals surface area (Å²) in [6, 6.07) is 8.53. The lowest BCUT2D eigenvalue weighted by atomic mass is 10.3. The Morgan fingerprint density at radius 1 is 1.29 bits per heavy atom. The summed E-state index contributed by atoms with van der Waals surface area (Å²) < 4.78 is 11.3. The van der Waals surface area contributed by atoms with Crippen molar-refractivity contribution in [1.29, 1.82) is 0 Å². The minimum atomic E-state index is -0.524. The lowest BCUT2D eigenvalue weighted by Gasteiger charge is -2.09. The number of furan rings is 1. The monoisotopic (exact) mass is 412 g/mol. The SMILES string of the molecule is Cc1ccc(/C=C/C(=O)NNC(=O)COc2ccc(Br)cc2Cl)o1. The van der Waals surface area contributed by atoms with Crippen molar-refractivity contribution in [3.8, 4) is 5.75 Å². The van der Waals surface area contributed by atoms with Crippen LogP contribution in [0, 0.1) is 6.92 Å². The normalized spacial score (nSPS) is 10.6. The van der Waals surface area contributed by atoms with E-state index in [9.17, 15) is 9.59 Å². The van der Waals surface area contributed by atoms with Crippen LogP contribution in [0.3, 0.4) is 0 Å². The average Bonchev–Trinajstić information content (AvgIpc) is 2.95. The van der Waals surface area contributed by atoms with Gasteiger partial charge in [0.15, 0.2) is 6.61 Å². The largest absolute Gasteiger partial charge is 0.482 e. The summed E-state index contributed by atoms with van der Waals surface area (Å²) in [5.41, 5.74) is 4.46. The first kappa shape index (κ1) is 18.1. The number of rotatable bonds is 5. The molecule has 2 aromatic rings. The molecular weight excluding hydrogens is 400 g/mol. The van der Waals surface area contributed by atoms with Crippen LogP contribution < -0.4 is 15.6 Å². The number of benzene rings is 1. The predicted molar refractivity (Wildman–Crippen MR) is 93.4 cm³/mol. The Balaban J connectivity index is 1.74. The molecule has 0 saturated heterocycles. The molecule has 2 amide bonds. The molecule has 1 aromatic carbocycles. The molecule has 24 heavy (non-hydrogen) atoms. The van der Waals surface area contributed by atoms with E-state index in [1.165, 1.54) is 12.2 Å². The molecule has 0 atom stereocenters. The molecule has 1 heterocycles. The predicted octanol–water partition coefficient (Wildman–Crippen LogP) is 3.24. The van der Waals surface area contributed by atoms with Crippen LogP contribution in [0.4, 0.5) is 0 Å². The van der Waals surface area contributed by atoms with Gasteiger partial charge in [-0.1, -0.05) is 27.5 Å². The van der Waals surface area contributed by atoms with E-state index in [1.807, 2.05) is 0 Å². The maximum atomic E-state index is 11.6. The summed E-state index contributed by atoms with van der Waals surface area (Å²) in [4.78, 5) is 23.2. The first-order chi connectivity index (χ1) is 11.4. The van der Waals surface area contributed by atoms with Crippen molar-refractivity contribution in [3.05, 3.63) is 57.4 Å². The van der Waals surface area contributed by atoms with Crippen LogP contribution in [0.1, 0.15) is 11.5 Å². The number of halogens is 2. The van der Waals surface area contributed by atoms with Crippen molar-refractivity contribution in [3.63, 3.8) is 0 Å². The molecule has 2 N–H and O–H groups in total. The molecule has 0 aliphatic rings. The number of hydrogen-bond acceptors (Lipinski definition) is 4. The van der Waals surface area contributed by atoms with Gasteiger partial charge in [0.25, 0.3) is 11.8 Å². The van der Waals surface area contributed by atoms with Crippen LogP contribution in [0.2, 0.25) is 5.02 Å². The minimum Gasteiger partial charge on any atom is -0.482 e. The number of hydrogen-bond donors (Lipinski definition) is 2. The maximum Gasteiger partial charge on any atom is 0.276 e. The molecule has 1 aromatic heterocycles. The number of carbonyl (C=O) groups excluding carboxylic acids is 2. The number of hydrazine groups is 1. The van der Waals surface area contributed by atoms with Gasteiger partial charge in [-0.3, -0.25) is 20.4 Å². The zero-order chi connectivity index (χ0) is 17.5. The zero-order valence-corrected chi connectivity index (χ0v) is 15.0. The van der Waals surface area contributed by atoms with Gasteiger partial charge in [-0.25, -0.2) is 0 Å². The first-order valence-electron chi connectivity index (χ1n) is 6.85. The highest BCUT2D eigenvalue weighted by atomic mass is 79.9. The highest BCUT2D eigenvalue weighted by Crippen LogP contribution is 2.27. The van der Waals surface area contributed by atoms with Crippen LogP contribution in [0.25, 0.3) is 6.08 Å². The van der Waals surface area contributed by atoms with Gasteiger partial charge in [-0.05, 0) is 43.3 Å². The van der Waals surface area contributed by atoms with Crippen molar-refractivity contribution >= 4 is 45.4 Å². The highest BCUT2D eigenvalue weighted by molar-refractivity contribution is 9.10. The second-order valence-corrected chi connectivity index (χ2v) is 6.01. The zero-order valence-electron chi connectivity index (χ0n) is 12.6. The lowest BCUT2D eigenvalue weighted by molar-refractivity contribution is -0.128. The fraction of sp³-hybridized carbons (Fsp3) is 0.125. The van der Waals surface area contributed by atoms with E-state index < -0.39 is 11.8 Å². The number of carbonyl (C=O) groups is 2. The van der Waals surface area contributed by atoms with Crippen LogP contribution >= 0.6 is 27.5 Å². The molecule has 0 fully saturated rings.